The summed E-state index contributed by atoms with van der Waals surface area (Å²) in [6, 6.07) is 13.4. The second-order valence-electron chi connectivity index (χ2n) is 4.00. The summed E-state index contributed by atoms with van der Waals surface area (Å²) < 4.78 is 0. The van der Waals surface area contributed by atoms with Gasteiger partial charge in [0.2, 0.25) is 0 Å². The van der Waals surface area contributed by atoms with Gasteiger partial charge in [0.05, 0.1) is 11.3 Å². The number of aryl methyl sites for hydroxylation is 1. The lowest BCUT2D eigenvalue weighted by molar-refractivity contribution is 0.100. The molecule has 4 heteroatoms. The summed E-state index contributed by atoms with van der Waals surface area (Å²) in [5, 5.41) is 0. The van der Waals surface area contributed by atoms with Gasteiger partial charge in [0.15, 0.2) is 0 Å². The van der Waals surface area contributed by atoms with E-state index in [1.807, 2.05) is 37.3 Å². The minimum atomic E-state index is -0.501. The van der Waals surface area contributed by atoms with Crippen LogP contribution in [-0.4, -0.2) is 5.91 Å². The molecule has 4 N–H and O–H groups in total. The van der Waals surface area contributed by atoms with Crippen LogP contribution >= 0.6 is 11.8 Å². The highest BCUT2D eigenvalue weighted by Crippen LogP contribution is 2.33. The van der Waals surface area contributed by atoms with Crippen molar-refractivity contribution in [3.63, 3.8) is 0 Å². The highest BCUT2D eigenvalue weighted by atomic mass is 32.2. The van der Waals surface area contributed by atoms with E-state index < -0.39 is 5.91 Å². The summed E-state index contributed by atoms with van der Waals surface area (Å²) in [5.41, 5.74) is 13.2. The average Bonchev–Trinajstić information content (AvgIpc) is 2.34. The van der Waals surface area contributed by atoms with Gasteiger partial charge in [0, 0.05) is 9.79 Å². The summed E-state index contributed by atoms with van der Waals surface area (Å²) in [6.45, 7) is 2.04. The highest BCUT2D eigenvalue weighted by Gasteiger charge is 2.10. The number of para-hydroxylation sites is 1. The fourth-order valence-corrected chi connectivity index (χ4v) is 2.47. The number of nitrogens with two attached hydrogens (primary N) is 2. The summed E-state index contributed by atoms with van der Waals surface area (Å²) in [7, 11) is 0. The molecule has 0 unspecified atom stereocenters. The number of amides is 1. The van der Waals surface area contributed by atoms with Gasteiger partial charge in [-0.3, -0.25) is 4.79 Å². The maximum Gasteiger partial charge on any atom is 0.250 e. The largest absolute Gasteiger partial charge is 0.397 e. The molecule has 0 aliphatic heterocycles. The zero-order valence-electron chi connectivity index (χ0n) is 10.0. The van der Waals surface area contributed by atoms with E-state index in [9.17, 15) is 4.79 Å². The van der Waals surface area contributed by atoms with Crippen LogP contribution in [0.5, 0.6) is 0 Å². The van der Waals surface area contributed by atoms with Gasteiger partial charge in [-0.15, -0.1) is 0 Å². The van der Waals surface area contributed by atoms with Crippen LogP contribution in [0.1, 0.15) is 15.9 Å². The molecule has 18 heavy (non-hydrogen) atoms. The summed E-state index contributed by atoms with van der Waals surface area (Å²) in [5.74, 6) is -0.501. The molecular weight excluding hydrogens is 244 g/mol. The lowest BCUT2D eigenvalue weighted by atomic mass is 10.2. The maximum atomic E-state index is 11.2. The number of anilines is 1. The minimum Gasteiger partial charge on any atom is -0.397 e. The highest BCUT2D eigenvalue weighted by molar-refractivity contribution is 7.99. The molecule has 1 amide bonds. The van der Waals surface area contributed by atoms with Crippen LogP contribution in [0.3, 0.4) is 0 Å². The molecule has 0 spiro atoms. The molecular formula is C14H14N2OS. The summed E-state index contributed by atoms with van der Waals surface area (Å²) in [6.07, 6.45) is 0. The normalized spacial score (nSPS) is 10.3. The first-order valence-corrected chi connectivity index (χ1v) is 6.32. The zero-order valence-corrected chi connectivity index (χ0v) is 10.8. The van der Waals surface area contributed by atoms with E-state index in [2.05, 4.69) is 0 Å². The number of primary amides is 1. The van der Waals surface area contributed by atoms with Gasteiger partial charge in [0.25, 0.3) is 5.91 Å². The molecule has 92 valence electrons. The van der Waals surface area contributed by atoms with Crippen LogP contribution in [0.25, 0.3) is 0 Å². The molecule has 0 radical (unpaired) electrons. The molecule has 2 aromatic carbocycles. The van der Waals surface area contributed by atoms with Crippen molar-refractivity contribution in [2.24, 2.45) is 5.73 Å². The van der Waals surface area contributed by atoms with E-state index in [0.29, 0.717) is 11.3 Å². The topological polar surface area (TPSA) is 69.1 Å². The van der Waals surface area contributed by atoms with Crippen molar-refractivity contribution < 1.29 is 4.79 Å². The number of benzene rings is 2. The van der Waals surface area contributed by atoms with E-state index in [4.69, 9.17) is 11.5 Å². The number of rotatable bonds is 3. The molecule has 0 heterocycles. The van der Waals surface area contributed by atoms with E-state index in [-0.39, 0.29) is 0 Å². The Hall–Kier alpha value is -1.94. The SMILES string of the molecule is Cc1ccc(Sc2cccc(C(N)=O)c2N)cc1. The van der Waals surface area contributed by atoms with Crippen molar-refractivity contribution in [2.45, 2.75) is 16.7 Å². The molecule has 0 saturated carbocycles. The lowest BCUT2D eigenvalue weighted by Crippen LogP contribution is -2.13. The number of nitrogen functional groups attached to an aromatic ring is 1. The Kier molecular flexibility index (Phi) is 3.58. The van der Waals surface area contributed by atoms with Gasteiger partial charge in [0.1, 0.15) is 0 Å². The number of carbonyl (C=O) groups excluding carboxylic acids is 1. The molecule has 0 bridgehead atoms. The Morgan fingerprint density at radius 1 is 1.11 bits per heavy atom. The Labute approximate surface area is 110 Å². The van der Waals surface area contributed by atoms with Gasteiger partial charge < -0.3 is 11.5 Å². The quantitative estimate of drug-likeness (QED) is 0.832. The zero-order chi connectivity index (χ0) is 13.1. The summed E-state index contributed by atoms with van der Waals surface area (Å²) >= 11 is 1.52. The molecule has 3 nitrogen and oxygen atoms in total. The minimum absolute atomic E-state index is 0.368. The Morgan fingerprint density at radius 2 is 1.78 bits per heavy atom. The number of hydrogen-bond donors (Lipinski definition) is 2. The molecule has 2 rings (SSSR count). The molecule has 0 aliphatic carbocycles. The fraction of sp³-hybridized carbons (Fsp3) is 0.0714. The van der Waals surface area contributed by atoms with Crippen LogP contribution in [0, 0.1) is 6.92 Å². The van der Waals surface area contributed by atoms with Crippen LogP contribution < -0.4 is 11.5 Å². The maximum absolute atomic E-state index is 11.2. The van der Waals surface area contributed by atoms with Gasteiger partial charge in [-0.1, -0.05) is 35.5 Å². The molecule has 0 aromatic heterocycles. The lowest BCUT2D eigenvalue weighted by Gasteiger charge is -2.08. The first-order valence-electron chi connectivity index (χ1n) is 5.51. The Morgan fingerprint density at radius 3 is 2.39 bits per heavy atom. The van der Waals surface area contributed by atoms with Gasteiger partial charge >= 0.3 is 0 Å². The number of hydrogen-bond acceptors (Lipinski definition) is 3. The average molecular weight is 258 g/mol. The van der Waals surface area contributed by atoms with Crippen LogP contribution in [0.2, 0.25) is 0 Å². The van der Waals surface area contributed by atoms with Crippen LogP contribution in [0.15, 0.2) is 52.3 Å². The van der Waals surface area contributed by atoms with Gasteiger partial charge in [-0.05, 0) is 31.2 Å². The standard InChI is InChI=1S/C14H14N2OS/c1-9-5-7-10(8-6-9)18-12-4-2-3-11(13(12)15)14(16)17/h2-8H,15H2,1H3,(H2,16,17). The van der Waals surface area contributed by atoms with Crippen molar-refractivity contribution in [1.82, 2.24) is 0 Å². The van der Waals surface area contributed by atoms with Crippen molar-refractivity contribution >= 4 is 23.4 Å². The monoisotopic (exact) mass is 258 g/mol. The van der Waals surface area contributed by atoms with Crippen LogP contribution in [-0.2, 0) is 0 Å². The predicted octanol–water partition coefficient (Wildman–Crippen LogP) is 2.83. The van der Waals surface area contributed by atoms with Crippen molar-refractivity contribution in [3.8, 4) is 0 Å². The predicted molar refractivity (Wildman–Crippen MR) is 74.7 cm³/mol. The third-order valence-electron chi connectivity index (χ3n) is 2.58. The van der Waals surface area contributed by atoms with Crippen molar-refractivity contribution in [3.05, 3.63) is 53.6 Å². The molecule has 0 saturated heterocycles. The van der Waals surface area contributed by atoms with Gasteiger partial charge in [-0.25, -0.2) is 0 Å². The third kappa shape index (κ3) is 2.65. The van der Waals surface area contributed by atoms with Crippen molar-refractivity contribution in [2.75, 3.05) is 5.73 Å². The van der Waals surface area contributed by atoms with E-state index in [1.165, 1.54) is 17.3 Å². The molecule has 0 atom stereocenters. The fourth-order valence-electron chi connectivity index (χ4n) is 1.58. The third-order valence-corrected chi connectivity index (χ3v) is 3.66. The smallest absolute Gasteiger partial charge is 0.250 e. The van der Waals surface area contributed by atoms with Crippen molar-refractivity contribution in [1.29, 1.82) is 0 Å². The second kappa shape index (κ2) is 5.14. The van der Waals surface area contributed by atoms with E-state index in [0.717, 1.165) is 9.79 Å². The van der Waals surface area contributed by atoms with E-state index in [1.54, 1.807) is 12.1 Å². The van der Waals surface area contributed by atoms with E-state index >= 15 is 0 Å². The Bertz CT molecular complexity index is 579. The first kappa shape index (κ1) is 12.5. The Balaban J connectivity index is 2.32. The molecule has 0 fully saturated rings. The summed E-state index contributed by atoms with van der Waals surface area (Å²) in [4.78, 5) is 13.1. The number of carbonyl (C=O) groups is 1. The van der Waals surface area contributed by atoms with Crippen LogP contribution in [0.4, 0.5) is 5.69 Å². The second-order valence-corrected chi connectivity index (χ2v) is 5.11. The molecule has 0 aliphatic rings. The molecule has 2 aromatic rings. The van der Waals surface area contributed by atoms with Gasteiger partial charge in [-0.2, -0.15) is 0 Å². The first-order chi connectivity index (χ1) is 8.58.